The standard InChI is InChI=1S/C18H20N4O3S/c1-26-17-13-16(19-9-20-17)22(10-21-13)18-15(24)14(23)12(25-18)8-7-11-5-3-2-4-6-11/h2-6,9-10,12,14-15,18,23-24H,7-8H2,1H3. The Morgan fingerprint density at radius 3 is 2.69 bits per heavy atom. The van der Waals surface area contributed by atoms with Gasteiger partial charge < -0.3 is 14.9 Å². The number of aryl methyl sites for hydroxylation is 1. The molecule has 1 saturated heterocycles. The van der Waals surface area contributed by atoms with E-state index in [9.17, 15) is 10.2 Å². The predicted molar refractivity (Wildman–Crippen MR) is 97.8 cm³/mol. The highest BCUT2D eigenvalue weighted by molar-refractivity contribution is 7.98. The monoisotopic (exact) mass is 372 g/mol. The van der Waals surface area contributed by atoms with E-state index in [0.29, 0.717) is 17.6 Å². The summed E-state index contributed by atoms with van der Waals surface area (Å²) in [5, 5.41) is 21.7. The Labute approximate surface area is 155 Å². The van der Waals surface area contributed by atoms with Crippen molar-refractivity contribution in [2.45, 2.75) is 42.4 Å². The normalized spacial score (nSPS) is 25.8. The van der Waals surface area contributed by atoms with Crippen LogP contribution in [-0.4, -0.2) is 54.3 Å². The number of ether oxygens (including phenoxy) is 1. The minimum atomic E-state index is -1.04. The summed E-state index contributed by atoms with van der Waals surface area (Å²) in [6, 6.07) is 10.0. The summed E-state index contributed by atoms with van der Waals surface area (Å²) in [5.74, 6) is 0. The summed E-state index contributed by atoms with van der Waals surface area (Å²) < 4.78 is 7.66. The molecule has 1 aliphatic rings. The number of benzene rings is 1. The second kappa shape index (κ2) is 7.32. The number of imidazole rings is 1. The molecule has 4 rings (SSSR count). The first-order chi connectivity index (χ1) is 12.7. The Balaban J connectivity index is 1.55. The number of fused-ring (bicyclic) bond motifs is 1. The lowest BCUT2D eigenvalue weighted by Crippen LogP contribution is -2.31. The van der Waals surface area contributed by atoms with E-state index in [-0.39, 0.29) is 0 Å². The smallest absolute Gasteiger partial charge is 0.166 e. The van der Waals surface area contributed by atoms with E-state index in [1.807, 2.05) is 36.6 Å². The molecule has 4 atom stereocenters. The maximum absolute atomic E-state index is 10.5. The zero-order valence-electron chi connectivity index (χ0n) is 14.3. The predicted octanol–water partition coefficient (Wildman–Crippen LogP) is 1.80. The molecule has 7 nitrogen and oxygen atoms in total. The molecule has 0 radical (unpaired) electrons. The van der Waals surface area contributed by atoms with E-state index in [2.05, 4.69) is 15.0 Å². The Kier molecular flexibility index (Phi) is 4.90. The van der Waals surface area contributed by atoms with Crippen LogP contribution < -0.4 is 0 Å². The molecule has 1 aliphatic heterocycles. The van der Waals surface area contributed by atoms with Crippen LogP contribution in [0.3, 0.4) is 0 Å². The van der Waals surface area contributed by atoms with E-state index in [0.717, 1.165) is 11.4 Å². The highest BCUT2D eigenvalue weighted by atomic mass is 32.2. The van der Waals surface area contributed by atoms with Gasteiger partial charge in [-0.15, -0.1) is 11.8 Å². The van der Waals surface area contributed by atoms with E-state index in [4.69, 9.17) is 4.74 Å². The molecule has 0 amide bonds. The van der Waals surface area contributed by atoms with Gasteiger partial charge in [-0.2, -0.15) is 0 Å². The van der Waals surface area contributed by atoms with Gasteiger partial charge >= 0.3 is 0 Å². The number of aliphatic hydroxyl groups is 2. The Morgan fingerprint density at radius 1 is 1.12 bits per heavy atom. The van der Waals surface area contributed by atoms with Gasteiger partial charge in [0.05, 0.1) is 12.4 Å². The Morgan fingerprint density at radius 2 is 1.92 bits per heavy atom. The molecule has 3 heterocycles. The maximum Gasteiger partial charge on any atom is 0.166 e. The van der Waals surface area contributed by atoms with Gasteiger partial charge in [-0.05, 0) is 24.7 Å². The van der Waals surface area contributed by atoms with Crippen LogP contribution in [0.2, 0.25) is 0 Å². The molecular formula is C18H20N4O3S. The summed E-state index contributed by atoms with van der Waals surface area (Å²) in [6.07, 6.45) is 3.20. The van der Waals surface area contributed by atoms with Gasteiger partial charge in [0.1, 0.15) is 29.1 Å². The van der Waals surface area contributed by atoms with Crippen LogP contribution >= 0.6 is 11.8 Å². The molecule has 2 N–H and O–H groups in total. The molecule has 26 heavy (non-hydrogen) atoms. The number of aliphatic hydroxyl groups excluding tert-OH is 2. The van der Waals surface area contributed by atoms with E-state index < -0.39 is 24.5 Å². The van der Waals surface area contributed by atoms with E-state index in [1.54, 1.807) is 10.9 Å². The van der Waals surface area contributed by atoms with Crippen LogP contribution in [-0.2, 0) is 11.2 Å². The van der Waals surface area contributed by atoms with Crippen molar-refractivity contribution >= 4 is 22.9 Å². The lowest BCUT2D eigenvalue weighted by atomic mass is 10.0. The largest absolute Gasteiger partial charge is 0.388 e. The molecule has 8 heteroatoms. The van der Waals surface area contributed by atoms with Crippen LogP contribution in [0.15, 0.2) is 48.0 Å². The molecule has 1 aromatic carbocycles. The third kappa shape index (κ3) is 3.09. The highest BCUT2D eigenvalue weighted by Crippen LogP contribution is 2.34. The number of hydrogen-bond acceptors (Lipinski definition) is 7. The summed E-state index contributed by atoms with van der Waals surface area (Å²) in [7, 11) is 0. The maximum atomic E-state index is 10.5. The van der Waals surface area contributed by atoms with Crippen LogP contribution in [0.4, 0.5) is 0 Å². The fourth-order valence-corrected chi connectivity index (χ4v) is 3.81. The molecule has 4 unspecified atom stereocenters. The molecule has 136 valence electrons. The number of rotatable bonds is 5. The topological polar surface area (TPSA) is 93.3 Å². The zero-order valence-corrected chi connectivity index (χ0v) is 15.1. The Hall–Kier alpha value is -2.00. The van der Waals surface area contributed by atoms with Crippen molar-refractivity contribution in [1.29, 1.82) is 0 Å². The lowest BCUT2D eigenvalue weighted by molar-refractivity contribution is -0.0367. The molecular weight excluding hydrogens is 352 g/mol. The summed E-state index contributed by atoms with van der Waals surface area (Å²) >= 11 is 1.48. The minimum Gasteiger partial charge on any atom is -0.388 e. The fraction of sp³-hybridized carbons (Fsp3) is 0.389. The van der Waals surface area contributed by atoms with Crippen molar-refractivity contribution in [2.75, 3.05) is 6.26 Å². The lowest BCUT2D eigenvalue weighted by Gasteiger charge is -2.16. The molecule has 0 aliphatic carbocycles. The van der Waals surface area contributed by atoms with Crippen molar-refractivity contribution in [3.63, 3.8) is 0 Å². The average molecular weight is 372 g/mol. The molecule has 0 saturated carbocycles. The first-order valence-corrected chi connectivity index (χ1v) is 9.68. The van der Waals surface area contributed by atoms with Crippen LogP contribution in [0.5, 0.6) is 0 Å². The second-order valence-electron chi connectivity index (χ2n) is 6.28. The van der Waals surface area contributed by atoms with Crippen molar-refractivity contribution in [2.24, 2.45) is 0 Å². The first-order valence-electron chi connectivity index (χ1n) is 8.46. The molecule has 0 bridgehead atoms. The second-order valence-corrected chi connectivity index (χ2v) is 7.07. The molecule has 1 fully saturated rings. The van der Waals surface area contributed by atoms with Gasteiger partial charge in [-0.3, -0.25) is 4.57 Å². The summed E-state index contributed by atoms with van der Waals surface area (Å²) in [4.78, 5) is 12.8. The minimum absolute atomic E-state index is 0.450. The van der Waals surface area contributed by atoms with Gasteiger partial charge in [0, 0.05) is 0 Å². The third-order valence-electron chi connectivity index (χ3n) is 4.69. The summed E-state index contributed by atoms with van der Waals surface area (Å²) in [5.41, 5.74) is 2.43. The van der Waals surface area contributed by atoms with Gasteiger partial charge in [0.15, 0.2) is 11.9 Å². The van der Waals surface area contributed by atoms with Gasteiger partial charge in [-0.1, -0.05) is 30.3 Å². The Bertz CT molecular complexity index is 889. The van der Waals surface area contributed by atoms with E-state index in [1.165, 1.54) is 23.7 Å². The molecule has 0 spiro atoms. The van der Waals surface area contributed by atoms with Crippen LogP contribution in [0.25, 0.3) is 11.2 Å². The zero-order chi connectivity index (χ0) is 18.1. The van der Waals surface area contributed by atoms with Gasteiger partial charge in [-0.25, -0.2) is 15.0 Å². The van der Waals surface area contributed by atoms with E-state index >= 15 is 0 Å². The number of hydrogen-bond donors (Lipinski definition) is 2. The third-order valence-corrected chi connectivity index (χ3v) is 5.38. The molecule has 3 aromatic rings. The summed E-state index contributed by atoms with van der Waals surface area (Å²) in [6.45, 7) is 0. The molecule has 2 aromatic heterocycles. The van der Waals surface area contributed by atoms with Gasteiger partial charge in [0.2, 0.25) is 0 Å². The first kappa shape index (κ1) is 17.4. The quantitative estimate of drug-likeness (QED) is 0.521. The van der Waals surface area contributed by atoms with Crippen molar-refractivity contribution in [3.05, 3.63) is 48.5 Å². The van der Waals surface area contributed by atoms with Gasteiger partial charge in [0.25, 0.3) is 0 Å². The average Bonchev–Trinajstić information content (AvgIpc) is 3.23. The number of nitrogens with zero attached hydrogens (tertiary/aromatic N) is 4. The highest BCUT2D eigenvalue weighted by Gasteiger charge is 2.43. The SMILES string of the molecule is CSc1ncnc2c1ncn2C1OC(CCc2ccccc2)C(O)C1O. The van der Waals surface area contributed by atoms with Crippen molar-refractivity contribution < 1.29 is 14.9 Å². The number of aromatic nitrogens is 4. The van der Waals surface area contributed by atoms with Crippen LogP contribution in [0.1, 0.15) is 18.2 Å². The van der Waals surface area contributed by atoms with Crippen molar-refractivity contribution in [1.82, 2.24) is 19.5 Å². The fourth-order valence-electron chi connectivity index (χ4n) is 3.32. The van der Waals surface area contributed by atoms with Crippen LogP contribution in [0, 0.1) is 0 Å². The number of thioether (sulfide) groups is 1. The van der Waals surface area contributed by atoms with Crippen molar-refractivity contribution in [3.8, 4) is 0 Å².